The summed E-state index contributed by atoms with van der Waals surface area (Å²) in [7, 11) is 0. The molecule has 0 aliphatic carbocycles. The zero-order valence-electron chi connectivity index (χ0n) is 20.5. The molecular weight excluding hydrogens is 472 g/mol. The molecule has 7 heteroatoms. The van der Waals surface area contributed by atoms with E-state index in [1.54, 1.807) is 17.0 Å². The second-order valence-corrected chi connectivity index (χ2v) is 9.10. The van der Waals surface area contributed by atoms with Crippen LogP contribution in [0.3, 0.4) is 0 Å². The molecule has 0 saturated heterocycles. The lowest BCUT2D eigenvalue weighted by Gasteiger charge is -2.39. The first-order valence-electron chi connectivity index (χ1n) is 12.4. The molecule has 3 aromatic carbocycles. The lowest BCUT2D eigenvalue weighted by atomic mass is 9.97. The van der Waals surface area contributed by atoms with Crippen LogP contribution < -0.4 is 4.90 Å². The highest BCUT2D eigenvalue weighted by Gasteiger charge is 2.37. The minimum Gasteiger partial charge on any atom is -0.329 e. The van der Waals surface area contributed by atoms with Crippen LogP contribution in [0.15, 0.2) is 91.1 Å². The summed E-state index contributed by atoms with van der Waals surface area (Å²) in [6, 6.07) is 22.5. The van der Waals surface area contributed by atoms with Crippen LogP contribution in [0.25, 0.3) is 5.69 Å². The predicted molar refractivity (Wildman–Crippen MR) is 139 cm³/mol. The van der Waals surface area contributed by atoms with E-state index in [-0.39, 0.29) is 24.2 Å². The van der Waals surface area contributed by atoms with Crippen molar-refractivity contribution in [1.82, 2.24) is 9.47 Å². The molecule has 188 valence electrons. The molecule has 0 saturated carbocycles. The molecule has 1 aliphatic rings. The van der Waals surface area contributed by atoms with Crippen LogP contribution in [0.2, 0.25) is 0 Å². The molecule has 37 heavy (non-hydrogen) atoms. The van der Waals surface area contributed by atoms with E-state index in [1.807, 2.05) is 54.1 Å². The maximum atomic E-state index is 14.1. The zero-order valence-corrected chi connectivity index (χ0v) is 20.5. The third kappa shape index (κ3) is 4.77. The molecule has 4 aromatic rings. The number of unbranched alkanes of at least 4 members (excludes halogenated alkanes) is 1. The van der Waals surface area contributed by atoms with E-state index in [0.29, 0.717) is 17.8 Å². The number of aromatic nitrogens is 1. The normalized spacial score (nSPS) is 14.1. The van der Waals surface area contributed by atoms with Gasteiger partial charge in [-0.2, -0.15) is 0 Å². The predicted octanol–water partition coefficient (Wildman–Crippen LogP) is 6.13. The van der Waals surface area contributed by atoms with E-state index in [9.17, 15) is 18.4 Å². The van der Waals surface area contributed by atoms with Crippen molar-refractivity contribution in [3.05, 3.63) is 120 Å². The number of amides is 2. The molecule has 1 aliphatic heterocycles. The Morgan fingerprint density at radius 3 is 2.16 bits per heavy atom. The van der Waals surface area contributed by atoms with Gasteiger partial charge in [-0.15, -0.1) is 0 Å². The monoisotopic (exact) mass is 499 g/mol. The van der Waals surface area contributed by atoms with Crippen molar-refractivity contribution >= 4 is 17.5 Å². The average Bonchev–Trinajstić information content (AvgIpc) is 3.41. The van der Waals surface area contributed by atoms with E-state index in [2.05, 4.69) is 0 Å². The molecule has 1 atom stereocenters. The van der Waals surface area contributed by atoms with Gasteiger partial charge in [-0.25, -0.2) is 8.78 Å². The lowest BCUT2D eigenvalue weighted by molar-refractivity contribution is -0.119. The molecule has 0 fully saturated rings. The number of fused-ring (bicyclic) bond motifs is 3. The minimum atomic E-state index is -0.507. The van der Waals surface area contributed by atoms with E-state index >= 15 is 0 Å². The molecule has 0 N–H and O–H groups in total. The second kappa shape index (κ2) is 10.4. The summed E-state index contributed by atoms with van der Waals surface area (Å²) in [6.07, 6.45) is 3.51. The highest BCUT2D eigenvalue weighted by Crippen LogP contribution is 2.42. The number of benzene rings is 3. The standard InChI is InChI=1S/C30H27F2N3O2/c1-2-3-18-33(30(37)22-12-16-24(32)17-13-22)20-28(36)35-26-8-5-4-7-25(26)34-19-6-9-27(34)29(35)21-10-14-23(31)15-11-21/h4-17,19,29H,2-3,18,20H2,1H3. The third-order valence-electron chi connectivity index (χ3n) is 6.66. The van der Waals surface area contributed by atoms with Gasteiger partial charge in [0, 0.05) is 18.3 Å². The smallest absolute Gasteiger partial charge is 0.254 e. The molecule has 5 rings (SSSR count). The van der Waals surface area contributed by atoms with Crippen molar-refractivity contribution in [2.24, 2.45) is 0 Å². The first-order valence-corrected chi connectivity index (χ1v) is 12.4. The quantitative estimate of drug-likeness (QED) is 0.307. The van der Waals surface area contributed by atoms with Gasteiger partial charge in [-0.3, -0.25) is 14.5 Å². The third-order valence-corrected chi connectivity index (χ3v) is 6.66. The van der Waals surface area contributed by atoms with Crippen LogP contribution >= 0.6 is 0 Å². The number of carbonyl (C=O) groups is 2. The molecular formula is C30H27F2N3O2. The number of halogens is 2. The number of anilines is 1. The first kappa shape index (κ1) is 24.4. The first-order chi connectivity index (χ1) is 18.0. The number of carbonyl (C=O) groups excluding carboxylic acids is 2. The molecule has 1 unspecified atom stereocenters. The molecule has 5 nitrogen and oxygen atoms in total. The molecule has 1 aromatic heterocycles. The number of para-hydroxylation sites is 2. The maximum absolute atomic E-state index is 14.1. The van der Waals surface area contributed by atoms with Gasteiger partial charge in [0.05, 0.1) is 17.1 Å². The fourth-order valence-electron chi connectivity index (χ4n) is 4.84. The lowest BCUT2D eigenvalue weighted by Crippen LogP contribution is -2.47. The summed E-state index contributed by atoms with van der Waals surface area (Å²) in [4.78, 5) is 30.7. The molecule has 2 heterocycles. The number of hydrogen-bond donors (Lipinski definition) is 0. The van der Waals surface area contributed by atoms with Crippen molar-refractivity contribution in [3.8, 4) is 5.69 Å². The van der Waals surface area contributed by atoms with Crippen molar-refractivity contribution in [1.29, 1.82) is 0 Å². The summed E-state index contributed by atoms with van der Waals surface area (Å²) < 4.78 is 29.3. The van der Waals surface area contributed by atoms with Crippen LogP contribution in [-0.4, -0.2) is 34.4 Å². The van der Waals surface area contributed by atoms with E-state index in [4.69, 9.17) is 0 Å². The van der Waals surface area contributed by atoms with Gasteiger partial charge in [-0.1, -0.05) is 37.6 Å². The Labute approximate surface area is 214 Å². The van der Waals surface area contributed by atoms with Crippen LogP contribution in [0, 0.1) is 11.6 Å². The van der Waals surface area contributed by atoms with Crippen molar-refractivity contribution < 1.29 is 18.4 Å². The molecule has 0 bridgehead atoms. The van der Waals surface area contributed by atoms with Gasteiger partial charge in [0.15, 0.2) is 0 Å². The molecule has 0 spiro atoms. The van der Waals surface area contributed by atoms with Gasteiger partial charge < -0.3 is 9.47 Å². The topological polar surface area (TPSA) is 45.6 Å². The Hall–Kier alpha value is -4.26. The highest BCUT2D eigenvalue weighted by molar-refractivity contribution is 6.02. The molecule has 2 amide bonds. The van der Waals surface area contributed by atoms with Crippen molar-refractivity contribution in [2.75, 3.05) is 18.0 Å². The Morgan fingerprint density at radius 1 is 0.838 bits per heavy atom. The average molecular weight is 500 g/mol. The highest BCUT2D eigenvalue weighted by atomic mass is 19.1. The van der Waals surface area contributed by atoms with Crippen LogP contribution in [0.1, 0.15) is 47.4 Å². The van der Waals surface area contributed by atoms with Crippen LogP contribution in [-0.2, 0) is 4.79 Å². The molecule has 0 radical (unpaired) electrons. The van der Waals surface area contributed by atoms with Gasteiger partial charge in [-0.05, 0) is 72.6 Å². The van der Waals surface area contributed by atoms with E-state index in [0.717, 1.165) is 29.8 Å². The zero-order chi connectivity index (χ0) is 25.9. The Morgan fingerprint density at radius 2 is 1.49 bits per heavy atom. The van der Waals surface area contributed by atoms with Crippen LogP contribution in [0.4, 0.5) is 14.5 Å². The van der Waals surface area contributed by atoms with Crippen molar-refractivity contribution in [2.45, 2.75) is 25.8 Å². The summed E-state index contributed by atoms with van der Waals surface area (Å²) in [5.41, 5.74) is 3.50. The van der Waals surface area contributed by atoms with Crippen molar-refractivity contribution in [3.63, 3.8) is 0 Å². The summed E-state index contributed by atoms with van der Waals surface area (Å²) in [6.45, 7) is 2.26. The van der Waals surface area contributed by atoms with Crippen LogP contribution in [0.5, 0.6) is 0 Å². The SMILES string of the molecule is CCCCN(CC(=O)N1c2ccccc2-n2cccc2C1c1ccc(F)cc1)C(=O)c1ccc(F)cc1. The van der Waals surface area contributed by atoms with Gasteiger partial charge >= 0.3 is 0 Å². The number of nitrogens with zero attached hydrogens (tertiary/aromatic N) is 3. The number of hydrogen-bond acceptors (Lipinski definition) is 2. The summed E-state index contributed by atoms with van der Waals surface area (Å²) in [5.74, 6) is -1.37. The van der Waals surface area contributed by atoms with Gasteiger partial charge in [0.25, 0.3) is 5.91 Å². The summed E-state index contributed by atoms with van der Waals surface area (Å²) in [5, 5.41) is 0. The van der Waals surface area contributed by atoms with E-state index in [1.165, 1.54) is 41.3 Å². The Balaban J connectivity index is 1.55. The van der Waals surface area contributed by atoms with Gasteiger partial charge in [0.2, 0.25) is 5.91 Å². The minimum absolute atomic E-state index is 0.150. The second-order valence-electron chi connectivity index (χ2n) is 9.10. The summed E-state index contributed by atoms with van der Waals surface area (Å²) >= 11 is 0. The fourth-order valence-corrected chi connectivity index (χ4v) is 4.84. The van der Waals surface area contributed by atoms with Gasteiger partial charge in [0.1, 0.15) is 24.2 Å². The van der Waals surface area contributed by atoms with E-state index < -0.39 is 11.9 Å². The maximum Gasteiger partial charge on any atom is 0.254 e. The Bertz CT molecular complexity index is 1410. The fraction of sp³-hybridized carbons (Fsp3) is 0.200. The Kier molecular flexibility index (Phi) is 6.86. The number of rotatable bonds is 7. The largest absolute Gasteiger partial charge is 0.329 e.